The summed E-state index contributed by atoms with van der Waals surface area (Å²) in [4.78, 5) is 7.68. The van der Waals surface area contributed by atoms with Gasteiger partial charge in [-0.25, -0.2) is 4.98 Å². The van der Waals surface area contributed by atoms with Crippen molar-refractivity contribution in [2.45, 2.75) is 26.2 Å². The fraction of sp³-hybridized carbons (Fsp3) is 0.357. The van der Waals surface area contributed by atoms with Gasteiger partial charge < -0.3 is 10.7 Å². The van der Waals surface area contributed by atoms with Gasteiger partial charge in [-0.05, 0) is 24.4 Å². The highest BCUT2D eigenvalue weighted by Crippen LogP contribution is 2.28. The van der Waals surface area contributed by atoms with Crippen molar-refractivity contribution in [1.82, 2.24) is 9.97 Å². The van der Waals surface area contributed by atoms with Crippen LogP contribution in [0.1, 0.15) is 31.0 Å². The Balaban J connectivity index is 2.48. The van der Waals surface area contributed by atoms with Crippen LogP contribution in [0.2, 0.25) is 0 Å². The zero-order valence-electron chi connectivity index (χ0n) is 10.4. The van der Waals surface area contributed by atoms with Gasteiger partial charge in [-0.1, -0.05) is 38.1 Å². The van der Waals surface area contributed by atoms with Gasteiger partial charge >= 0.3 is 0 Å². The lowest BCUT2D eigenvalue weighted by molar-refractivity contribution is 0.834. The number of nitrogens with zero attached hydrogens (tertiary/aromatic N) is 1. The first-order valence-electron chi connectivity index (χ1n) is 6.05. The molecule has 3 N–H and O–H groups in total. The van der Waals surface area contributed by atoms with E-state index in [0.717, 1.165) is 12.1 Å². The van der Waals surface area contributed by atoms with E-state index in [2.05, 4.69) is 42.0 Å². The molecule has 0 saturated heterocycles. The van der Waals surface area contributed by atoms with E-state index >= 15 is 0 Å². The Morgan fingerprint density at radius 2 is 2.06 bits per heavy atom. The van der Waals surface area contributed by atoms with Gasteiger partial charge in [0.1, 0.15) is 0 Å². The van der Waals surface area contributed by atoms with Crippen LogP contribution in [0, 0.1) is 0 Å². The molecule has 1 heterocycles. The molecule has 17 heavy (non-hydrogen) atoms. The second-order valence-corrected chi connectivity index (χ2v) is 4.52. The molecule has 0 aliphatic heterocycles. The van der Waals surface area contributed by atoms with Crippen LogP contribution < -0.4 is 5.73 Å². The molecule has 0 bridgehead atoms. The summed E-state index contributed by atoms with van der Waals surface area (Å²) in [6, 6.07) is 8.35. The number of imidazole rings is 1. The van der Waals surface area contributed by atoms with Crippen LogP contribution in [0.15, 0.2) is 30.6 Å². The van der Waals surface area contributed by atoms with Crippen molar-refractivity contribution >= 4 is 0 Å². The maximum absolute atomic E-state index is 5.65. The number of nitrogens with two attached hydrogens (primary N) is 1. The third-order valence-electron chi connectivity index (χ3n) is 2.93. The highest BCUT2D eigenvalue weighted by Gasteiger charge is 2.13. The van der Waals surface area contributed by atoms with Gasteiger partial charge in [0, 0.05) is 11.3 Å². The summed E-state index contributed by atoms with van der Waals surface area (Å²) in [6.07, 6.45) is 2.66. The Morgan fingerprint density at radius 3 is 2.76 bits per heavy atom. The Morgan fingerprint density at radius 1 is 1.29 bits per heavy atom. The summed E-state index contributed by atoms with van der Waals surface area (Å²) in [7, 11) is 0. The topological polar surface area (TPSA) is 54.7 Å². The number of nitrogens with one attached hydrogen (secondary N) is 1. The molecule has 3 heteroatoms. The summed E-state index contributed by atoms with van der Waals surface area (Å²) in [6.45, 7) is 5.00. The Bertz CT molecular complexity index is 486. The van der Waals surface area contributed by atoms with Crippen LogP contribution in [0.25, 0.3) is 11.3 Å². The van der Waals surface area contributed by atoms with E-state index in [1.54, 1.807) is 6.33 Å². The number of hydrogen-bond acceptors (Lipinski definition) is 2. The first-order valence-corrected chi connectivity index (χ1v) is 6.05. The number of rotatable bonds is 4. The van der Waals surface area contributed by atoms with Crippen molar-refractivity contribution in [3.8, 4) is 11.3 Å². The average Bonchev–Trinajstić information content (AvgIpc) is 2.79. The molecule has 0 aliphatic carbocycles. The van der Waals surface area contributed by atoms with Gasteiger partial charge in [0.15, 0.2) is 0 Å². The monoisotopic (exact) mass is 229 g/mol. The predicted octanol–water partition coefficient (Wildman–Crippen LogP) is 2.70. The number of benzene rings is 1. The zero-order chi connectivity index (χ0) is 12.3. The van der Waals surface area contributed by atoms with E-state index in [1.807, 2.05) is 6.07 Å². The summed E-state index contributed by atoms with van der Waals surface area (Å²) in [5.74, 6) is 0.443. The number of aromatic nitrogens is 2. The lowest BCUT2D eigenvalue weighted by Crippen LogP contribution is -2.04. The molecule has 0 spiro atoms. The predicted molar refractivity (Wildman–Crippen MR) is 70.9 cm³/mol. The van der Waals surface area contributed by atoms with E-state index in [0.29, 0.717) is 12.5 Å². The van der Waals surface area contributed by atoms with Gasteiger partial charge in [-0.15, -0.1) is 0 Å². The minimum atomic E-state index is 0.443. The summed E-state index contributed by atoms with van der Waals surface area (Å²) in [5.41, 5.74) is 10.4. The van der Waals surface area contributed by atoms with Crippen LogP contribution in [0.3, 0.4) is 0 Å². The standard InChI is InChI=1S/C14H19N3/c1-10(2)13-14(17-9-16-13)12-6-4-3-5-11(12)7-8-15/h3-6,9-10H,7-8,15H2,1-2H3,(H,16,17). The molecule has 0 amide bonds. The SMILES string of the molecule is CC(C)c1[nH]cnc1-c1ccccc1CCN. The van der Waals surface area contributed by atoms with E-state index in [1.165, 1.54) is 16.8 Å². The number of H-pyrrole nitrogens is 1. The lowest BCUT2D eigenvalue weighted by Gasteiger charge is -2.10. The van der Waals surface area contributed by atoms with Gasteiger partial charge in [0.25, 0.3) is 0 Å². The molecule has 1 aromatic heterocycles. The molecule has 0 aliphatic rings. The van der Waals surface area contributed by atoms with Gasteiger partial charge in [-0.2, -0.15) is 0 Å². The van der Waals surface area contributed by atoms with Gasteiger partial charge in [-0.3, -0.25) is 0 Å². The number of aromatic amines is 1. The lowest BCUT2D eigenvalue weighted by atomic mass is 9.97. The normalized spacial score (nSPS) is 11.1. The van der Waals surface area contributed by atoms with Crippen molar-refractivity contribution < 1.29 is 0 Å². The smallest absolute Gasteiger partial charge is 0.0929 e. The Hall–Kier alpha value is -1.61. The average molecular weight is 229 g/mol. The maximum Gasteiger partial charge on any atom is 0.0929 e. The second kappa shape index (κ2) is 5.15. The van der Waals surface area contributed by atoms with E-state index < -0.39 is 0 Å². The fourth-order valence-corrected chi connectivity index (χ4v) is 2.08. The van der Waals surface area contributed by atoms with E-state index in [-0.39, 0.29) is 0 Å². The molecule has 0 fully saturated rings. The minimum absolute atomic E-state index is 0.443. The van der Waals surface area contributed by atoms with Crippen LogP contribution >= 0.6 is 0 Å². The molecule has 2 aromatic rings. The molecule has 0 atom stereocenters. The first kappa shape index (κ1) is 11.9. The van der Waals surface area contributed by atoms with Gasteiger partial charge in [0.2, 0.25) is 0 Å². The number of hydrogen-bond donors (Lipinski definition) is 2. The van der Waals surface area contributed by atoms with Crippen LogP contribution in [-0.4, -0.2) is 16.5 Å². The largest absolute Gasteiger partial charge is 0.348 e. The molecule has 2 rings (SSSR count). The van der Waals surface area contributed by atoms with Crippen molar-refractivity contribution in [2.75, 3.05) is 6.54 Å². The second-order valence-electron chi connectivity index (χ2n) is 4.52. The van der Waals surface area contributed by atoms with Crippen molar-refractivity contribution in [3.63, 3.8) is 0 Å². The first-order chi connectivity index (χ1) is 8.24. The van der Waals surface area contributed by atoms with Crippen molar-refractivity contribution in [1.29, 1.82) is 0 Å². The van der Waals surface area contributed by atoms with E-state index in [4.69, 9.17) is 5.73 Å². The van der Waals surface area contributed by atoms with Crippen LogP contribution in [0.4, 0.5) is 0 Å². The Kier molecular flexibility index (Phi) is 3.59. The molecule has 90 valence electrons. The van der Waals surface area contributed by atoms with Crippen LogP contribution in [0.5, 0.6) is 0 Å². The highest BCUT2D eigenvalue weighted by atomic mass is 14.9. The maximum atomic E-state index is 5.65. The van der Waals surface area contributed by atoms with Crippen molar-refractivity contribution in [2.24, 2.45) is 5.73 Å². The highest BCUT2D eigenvalue weighted by molar-refractivity contribution is 5.66. The third kappa shape index (κ3) is 2.39. The quantitative estimate of drug-likeness (QED) is 0.847. The molecule has 0 radical (unpaired) electrons. The summed E-state index contributed by atoms with van der Waals surface area (Å²) < 4.78 is 0. The Labute approximate surface area is 102 Å². The van der Waals surface area contributed by atoms with Crippen molar-refractivity contribution in [3.05, 3.63) is 41.9 Å². The summed E-state index contributed by atoms with van der Waals surface area (Å²) >= 11 is 0. The minimum Gasteiger partial charge on any atom is -0.348 e. The zero-order valence-corrected chi connectivity index (χ0v) is 10.4. The molecule has 0 saturated carbocycles. The van der Waals surface area contributed by atoms with Gasteiger partial charge in [0.05, 0.1) is 12.0 Å². The van der Waals surface area contributed by atoms with E-state index in [9.17, 15) is 0 Å². The molecule has 3 nitrogen and oxygen atoms in total. The summed E-state index contributed by atoms with van der Waals surface area (Å²) in [5, 5.41) is 0. The molecular formula is C14H19N3. The fourth-order valence-electron chi connectivity index (χ4n) is 2.08. The van der Waals surface area contributed by atoms with Crippen LogP contribution in [-0.2, 0) is 6.42 Å². The molecule has 1 aromatic carbocycles. The molecular weight excluding hydrogens is 210 g/mol. The third-order valence-corrected chi connectivity index (χ3v) is 2.93. The molecule has 0 unspecified atom stereocenters.